The molecule has 0 bridgehead atoms. The van der Waals surface area contributed by atoms with Crippen LogP contribution in [0.1, 0.15) is 0 Å². The first-order valence-electron chi connectivity index (χ1n) is 3.45. The molecule has 0 saturated heterocycles. The van der Waals surface area contributed by atoms with E-state index in [0.29, 0.717) is 0 Å². The maximum absolute atomic E-state index is 13.1. The molecule has 0 saturated carbocycles. The van der Waals surface area contributed by atoms with Crippen LogP contribution in [0.15, 0.2) is 12.1 Å². The van der Waals surface area contributed by atoms with Gasteiger partial charge in [0.05, 0.1) is 12.1 Å². The van der Waals surface area contributed by atoms with Gasteiger partial charge in [0.1, 0.15) is 11.6 Å². The summed E-state index contributed by atoms with van der Waals surface area (Å²) in [6.07, 6.45) is 0. The zero-order valence-corrected chi connectivity index (χ0v) is 7.55. The first-order valence-corrected chi connectivity index (χ1v) is 3.83. The molecule has 6 heteroatoms. The van der Waals surface area contributed by atoms with Crippen molar-refractivity contribution in [3.05, 3.63) is 23.0 Å². The number of benzene rings is 1. The SMILES string of the molecule is COc1cc(Cl)c(F)c(B(O)O)c1. The Balaban J connectivity index is 3.25. The van der Waals surface area contributed by atoms with E-state index >= 15 is 0 Å². The summed E-state index contributed by atoms with van der Waals surface area (Å²) >= 11 is 5.46. The normalized spacial score (nSPS) is 9.92. The highest BCUT2D eigenvalue weighted by atomic mass is 35.5. The molecule has 1 rings (SSSR count). The molecule has 1 aromatic rings. The van der Waals surface area contributed by atoms with Crippen LogP contribution >= 0.6 is 11.6 Å². The second-order valence-corrected chi connectivity index (χ2v) is 2.79. The van der Waals surface area contributed by atoms with Crippen LogP contribution in [0.2, 0.25) is 5.02 Å². The van der Waals surface area contributed by atoms with Crippen molar-refractivity contribution in [2.75, 3.05) is 7.11 Å². The van der Waals surface area contributed by atoms with Crippen molar-refractivity contribution < 1.29 is 19.2 Å². The number of halogens is 2. The summed E-state index contributed by atoms with van der Waals surface area (Å²) in [5.41, 5.74) is -0.302. The van der Waals surface area contributed by atoms with Crippen LogP contribution in [0.3, 0.4) is 0 Å². The maximum Gasteiger partial charge on any atom is 0.491 e. The molecule has 0 atom stereocenters. The van der Waals surface area contributed by atoms with Crippen molar-refractivity contribution in [3.63, 3.8) is 0 Å². The Bertz CT molecular complexity index is 319. The van der Waals surface area contributed by atoms with Gasteiger partial charge in [0.2, 0.25) is 0 Å². The molecule has 1 aromatic carbocycles. The smallest absolute Gasteiger partial charge is 0.491 e. The molecular weight excluding hydrogens is 197 g/mol. The molecule has 0 aromatic heterocycles. The summed E-state index contributed by atoms with van der Waals surface area (Å²) in [5, 5.41) is 17.3. The lowest BCUT2D eigenvalue weighted by atomic mass is 9.80. The summed E-state index contributed by atoms with van der Waals surface area (Å²) in [6, 6.07) is 2.43. The number of hydrogen-bond donors (Lipinski definition) is 2. The molecule has 0 radical (unpaired) electrons. The lowest BCUT2D eigenvalue weighted by Crippen LogP contribution is -2.33. The molecule has 2 N–H and O–H groups in total. The maximum atomic E-state index is 13.1. The van der Waals surface area contributed by atoms with E-state index in [1.165, 1.54) is 19.2 Å². The van der Waals surface area contributed by atoms with Gasteiger partial charge in [-0.25, -0.2) is 4.39 Å². The quantitative estimate of drug-likeness (QED) is 0.675. The van der Waals surface area contributed by atoms with E-state index in [1.54, 1.807) is 0 Å². The van der Waals surface area contributed by atoms with Crippen molar-refractivity contribution >= 4 is 24.2 Å². The number of rotatable bonds is 2. The summed E-state index contributed by atoms with van der Waals surface area (Å²) in [4.78, 5) is 0. The molecule has 3 nitrogen and oxygen atoms in total. The van der Waals surface area contributed by atoms with E-state index < -0.39 is 12.9 Å². The number of hydrogen-bond acceptors (Lipinski definition) is 3. The lowest BCUT2D eigenvalue weighted by Gasteiger charge is -2.06. The van der Waals surface area contributed by atoms with E-state index in [1.807, 2.05) is 0 Å². The van der Waals surface area contributed by atoms with Gasteiger partial charge in [0, 0.05) is 11.5 Å². The molecule has 0 aliphatic heterocycles. The highest BCUT2D eigenvalue weighted by Crippen LogP contribution is 2.19. The summed E-state index contributed by atoms with van der Waals surface area (Å²) in [5.74, 6) is -0.577. The third-order valence-electron chi connectivity index (χ3n) is 1.54. The molecule has 0 fully saturated rings. The summed E-state index contributed by atoms with van der Waals surface area (Å²) in [7, 11) is -0.524. The van der Waals surface area contributed by atoms with Crippen molar-refractivity contribution in [2.45, 2.75) is 0 Å². The fourth-order valence-corrected chi connectivity index (χ4v) is 1.11. The Kier molecular flexibility index (Phi) is 3.14. The predicted octanol–water partition coefficient (Wildman–Crippen LogP) is 0.167. The Hall–Kier alpha value is -0.775. The zero-order valence-electron chi connectivity index (χ0n) is 6.79. The van der Waals surface area contributed by atoms with Crippen molar-refractivity contribution in [1.29, 1.82) is 0 Å². The van der Waals surface area contributed by atoms with Crippen LogP contribution in [0, 0.1) is 5.82 Å². The average molecular weight is 204 g/mol. The van der Waals surface area contributed by atoms with Gasteiger partial charge in [-0.3, -0.25) is 0 Å². The Morgan fingerprint density at radius 3 is 2.54 bits per heavy atom. The van der Waals surface area contributed by atoms with Gasteiger partial charge in [0.25, 0.3) is 0 Å². The fourth-order valence-electron chi connectivity index (χ4n) is 0.890. The first kappa shape index (κ1) is 10.3. The minimum absolute atomic E-state index is 0.206. The van der Waals surface area contributed by atoms with Crippen LogP contribution in [0.4, 0.5) is 4.39 Å². The second kappa shape index (κ2) is 3.96. The van der Waals surface area contributed by atoms with Gasteiger partial charge in [-0.05, 0) is 6.07 Å². The summed E-state index contributed by atoms with van der Waals surface area (Å²) < 4.78 is 17.8. The standard InChI is InChI=1S/C7H7BClFO3/c1-13-4-2-5(8(11)12)7(10)6(9)3-4/h2-3,11-12H,1H3. The fraction of sp³-hybridized carbons (Fsp3) is 0.143. The first-order chi connectivity index (χ1) is 6.06. The van der Waals surface area contributed by atoms with Crippen LogP contribution in [-0.4, -0.2) is 24.3 Å². The Morgan fingerprint density at radius 1 is 1.46 bits per heavy atom. The largest absolute Gasteiger partial charge is 0.497 e. The van der Waals surface area contributed by atoms with Gasteiger partial charge < -0.3 is 14.8 Å². The minimum Gasteiger partial charge on any atom is -0.497 e. The Labute approximate surface area is 79.9 Å². The van der Waals surface area contributed by atoms with Crippen LogP contribution < -0.4 is 10.2 Å². The van der Waals surface area contributed by atoms with Gasteiger partial charge in [-0.2, -0.15) is 0 Å². The van der Waals surface area contributed by atoms with Gasteiger partial charge >= 0.3 is 7.12 Å². The molecule has 0 unspecified atom stereocenters. The Morgan fingerprint density at radius 2 is 2.08 bits per heavy atom. The molecule has 0 aliphatic carbocycles. The topological polar surface area (TPSA) is 49.7 Å². The third kappa shape index (κ3) is 2.12. The summed E-state index contributed by atoms with van der Waals surface area (Å²) in [6.45, 7) is 0. The van der Waals surface area contributed by atoms with Crippen molar-refractivity contribution in [1.82, 2.24) is 0 Å². The molecule has 13 heavy (non-hydrogen) atoms. The predicted molar refractivity (Wildman–Crippen MR) is 47.8 cm³/mol. The molecule has 0 aliphatic rings. The lowest BCUT2D eigenvalue weighted by molar-refractivity contribution is 0.409. The van der Waals surface area contributed by atoms with E-state index in [0.717, 1.165) is 0 Å². The van der Waals surface area contributed by atoms with Gasteiger partial charge in [0.15, 0.2) is 0 Å². The highest BCUT2D eigenvalue weighted by Gasteiger charge is 2.20. The minimum atomic E-state index is -1.90. The third-order valence-corrected chi connectivity index (χ3v) is 1.82. The van der Waals surface area contributed by atoms with Crippen molar-refractivity contribution in [2.24, 2.45) is 0 Å². The van der Waals surface area contributed by atoms with E-state index in [2.05, 4.69) is 0 Å². The number of ether oxygens (including phenoxy) is 1. The molecule has 0 spiro atoms. The van der Waals surface area contributed by atoms with Crippen LogP contribution in [-0.2, 0) is 0 Å². The second-order valence-electron chi connectivity index (χ2n) is 2.39. The highest BCUT2D eigenvalue weighted by molar-refractivity contribution is 6.59. The molecule has 0 heterocycles. The molecular formula is C7H7BClFO3. The van der Waals surface area contributed by atoms with Gasteiger partial charge in [-0.1, -0.05) is 11.6 Å². The van der Waals surface area contributed by atoms with E-state index in [-0.39, 0.29) is 16.2 Å². The zero-order chi connectivity index (χ0) is 10.0. The van der Waals surface area contributed by atoms with Crippen LogP contribution in [0.5, 0.6) is 5.75 Å². The average Bonchev–Trinajstić information content (AvgIpc) is 2.09. The van der Waals surface area contributed by atoms with E-state index in [9.17, 15) is 4.39 Å². The van der Waals surface area contributed by atoms with Crippen LogP contribution in [0.25, 0.3) is 0 Å². The van der Waals surface area contributed by atoms with Crippen molar-refractivity contribution in [3.8, 4) is 5.75 Å². The monoisotopic (exact) mass is 204 g/mol. The molecule has 0 amide bonds. The molecule has 70 valence electrons. The number of methoxy groups -OCH3 is 1. The van der Waals surface area contributed by atoms with Gasteiger partial charge in [-0.15, -0.1) is 0 Å². The van der Waals surface area contributed by atoms with E-state index in [4.69, 9.17) is 26.4 Å².